The molecule has 0 atom stereocenters. The number of benzene rings is 1. The fraction of sp³-hybridized carbons (Fsp3) is 0.300. The van der Waals surface area contributed by atoms with Crippen LogP contribution in [0.15, 0.2) is 69.4 Å². The van der Waals surface area contributed by atoms with Crippen LogP contribution >= 0.6 is 11.3 Å². The molecule has 0 spiro atoms. The highest BCUT2D eigenvalue weighted by atomic mass is 32.2. The highest BCUT2D eigenvalue weighted by Gasteiger charge is 2.14. The monoisotopic (exact) mass is 446 g/mol. The zero-order chi connectivity index (χ0) is 21.4. The summed E-state index contributed by atoms with van der Waals surface area (Å²) < 4.78 is 29.1. The minimum Gasteiger partial charge on any atom is -0.357 e. The molecule has 2 heterocycles. The molecule has 2 N–H and O–H groups in total. The van der Waals surface area contributed by atoms with Crippen molar-refractivity contribution in [3.8, 4) is 5.69 Å². The molecular formula is C20H26N6O2S2. The van der Waals surface area contributed by atoms with Gasteiger partial charge in [-0.15, -0.1) is 11.3 Å². The van der Waals surface area contributed by atoms with Crippen molar-refractivity contribution < 1.29 is 8.42 Å². The molecule has 0 fully saturated rings. The first-order valence-electron chi connectivity index (χ1n) is 9.61. The molecule has 160 valence electrons. The summed E-state index contributed by atoms with van der Waals surface area (Å²) in [6.07, 6.45) is 3.83. The highest BCUT2D eigenvalue weighted by Crippen LogP contribution is 2.15. The Morgan fingerprint density at radius 2 is 2.03 bits per heavy atom. The summed E-state index contributed by atoms with van der Waals surface area (Å²) >= 11 is 1.19. The van der Waals surface area contributed by atoms with Crippen LogP contribution < -0.4 is 10.0 Å². The van der Waals surface area contributed by atoms with Crippen LogP contribution in [0.5, 0.6) is 0 Å². The van der Waals surface area contributed by atoms with Crippen molar-refractivity contribution in [3.63, 3.8) is 0 Å². The van der Waals surface area contributed by atoms with Gasteiger partial charge in [0.2, 0.25) is 10.0 Å². The summed E-state index contributed by atoms with van der Waals surface area (Å²) in [5, 5.41) is 9.41. The van der Waals surface area contributed by atoms with E-state index in [1.54, 1.807) is 17.5 Å². The molecule has 0 aliphatic rings. The van der Waals surface area contributed by atoms with Gasteiger partial charge < -0.3 is 10.2 Å². The number of hydrogen-bond acceptors (Lipinski definition) is 5. The van der Waals surface area contributed by atoms with Crippen LogP contribution in [0, 0.1) is 0 Å². The summed E-state index contributed by atoms with van der Waals surface area (Å²) in [6.45, 7) is 3.90. The van der Waals surface area contributed by atoms with E-state index < -0.39 is 10.0 Å². The lowest BCUT2D eigenvalue weighted by atomic mass is 10.3. The molecule has 0 aliphatic heterocycles. The van der Waals surface area contributed by atoms with E-state index in [4.69, 9.17) is 0 Å². The quantitative estimate of drug-likeness (QED) is 0.299. The second-order valence-corrected chi connectivity index (χ2v) is 9.49. The number of hydrogen-bond donors (Lipinski definition) is 2. The Labute approximate surface area is 181 Å². The number of para-hydroxylation sites is 1. The van der Waals surface area contributed by atoms with Gasteiger partial charge in [-0.1, -0.05) is 24.3 Å². The van der Waals surface area contributed by atoms with Gasteiger partial charge in [0.05, 0.1) is 18.4 Å². The van der Waals surface area contributed by atoms with Crippen molar-refractivity contribution in [2.45, 2.75) is 17.7 Å². The van der Waals surface area contributed by atoms with Crippen LogP contribution in [0.2, 0.25) is 0 Å². The number of aromatic nitrogens is 2. The lowest BCUT2D eigenvalue weighted by Crippen LogP contribution is -2.39. The molecule has 0 unspecified atom stereocenters. The first kappa shape index (κ1) is 22.0. The smallest absolute Gasteiger partial charge is 0.250 e. The van der Waals surface area contributed by atoms with E-state index >= 15 is 0 Å². The summed E-state index contributed by atoms with van der Waals surface area (Å²) in [6, 6.07) is 13.2. The van der Waals surface area contributed by atoms with Crippen LogP contribution in [0.1, 0.15) is 12.5 Å². The van der Waals surface area contributed by atoms with Crippen molar-refractivity contribution >= 4 is 27.3 Å². The van der Waals surface area contributed by atoms with Crippen LogP contribution in [0.3, 0.4) is 0 Å². The molecule has 8 nitrogen and oxygen atoms in total. The van der Waals surface area contributed by atoms with Crippen molar-refractivity contribution in [1.29, 1.82) is 0 Å². The van der Waals surface area contributed by atoms with E-state index in [0.29, 0.717) is 29.8 Å². The van der Waals surface area contributed by atoms with Gasteiger partial charge in [0.15, 0.2) is 5.96 Å². The maximum absolute atomic E-state index is 12.2. The van der Waals surface area contributed by atoms with E-state index in [1.807, 2.05) is 66.3 Å². The largest absolute Gasteiger partial charge is 0.357 e. The third-order valence-electron chi connectivity index (χ3n) is 4.20. The number of guanidine groups is 1. The van der Waals surface area contributed by atoms with E-state index in [-0.39, 0.29) is 6.54 Å². The Balaban J connectivity index is 1.58. The van der Waals surface area contributed by atoms with Gasteiger partial charge in [-0.3, -0.25) is 4.99 Å². The van der Waals surface area contributed by atoms with Crippen LogP contribution in [0.25, 0.3) is 5.69 Å². The predicted molar refractivity (Wildman–Crippen MR) is 121 cm³/mol. The lowest BCUT2D eigenvalue weighted by molar-refractivity contribution is 0.477. The van der Waals surface area contributed by atoms with Crippen LogP contribution in [0.4, 0.5) is 0 Å². The van der Waals surface area contributed by atoms with Crippen molar-refractivity contribution in [3.05, 3.63) is 65.8 Å². The maximum Gasteiger partial charge on any atom is 0.250 e. The molecule has 3 aromatic rings. The van der Waals surface area contributed by atoms with E-state index in [1.165, 1.54) is 11.3 Å². The topological polar surface area (TPSA) is 91.6 Å². The molecular weight excluding hydrogens is 420 g/mol. The van der Waals surface area contributed by atoms with Gasteiger partial charge in [0, 0.05) is 38.4 Å². The molecule has 2 aromatic heterocycles. The van der Waals surface area contributed by atoms with E-state index in [0.717, 1.165) is 11.3 Å². The van der Waals surface area contributed by atoms with E-state index in [9.17, 15) is 8.42 Å². The molecule has 30 heavy (non-hydrogen) atoms. The number of rotatable bonds is 9. The minimum absolute atomic E-state index is 0.231. The Morgan fingerprint density at radius 3 is 2.73 bits per heavy atom. The van der Waals surface area contributed by atoms with E-state index in [2.05, 4.69) is 20.1 Å². The van der Waals surface area contributed by atoms with Gasteiger partial charge in [0.1, 0.15) is 4.21 Å². The van der Waals surface area contributed by atoms with Gasteiger partial charge in [-0.25, -0.2) is 17.8 Å². The Hall–Kier alpha value is -2.69. The van der Waals surface area contributed by atoms with Crippen molar-refractivity contribution in [2.75, 3.05) is 26.7 Å². The number of thiophene rings is 1. The average molecular weight is 447 g/mol. The van der Waals surface area contributed by atoms with Crippen molar-refractivity contribution in [2.24, 2.45) is 4.99 Å². The van der Waals surface area contributed by atoms with Crippen LogP contribution in [-0.4, -0.2) is 55.7 Å². The molecule has 0 amide bonds. The highest BCUT2D eigenvalue weighted by molar-refractivity contribution is 7.91. The average Bonchev–Trinajstić information content (AvgIpc) is 3.43. The second kappa shape index (κ2) is 10.4. The third kappa shape index (κ3) is 5.91. The Bertz CT molecular complexity index is 1050. The Morgan fingerprint density at radius 1 is 1.23 bits per heavy atom. The lowest BCUT2D eigenvalue weighted by Gasteiger charge is -2.21. The molecule has 0 bridgehead atoms. The fourth-order valence-electron chi connectivity index (χ4n) is 2.81. The van der Waals surface area contributed by atoms with Crippen molar-refractivity contribution in [1.82, 2.24) is 24.7 Å². The summed E-state index contributed by atoms with van der Waals surface area (Å²) in [5.74, 6) is 0.709. The fourth-order valence-corrected chi connectivity index (χ4v) is 4.87. The van der Waals surface area contributed by atoms with Gasteiger partial charge >= 0.3 is 0 Å². The number of aliphatic imine (C=N–C) groups is 1. The zero-order valence-corrected chi connectivity index (χ0v) is 18.7. The molecule has 0 saturated heterocycles. The summed E-state index contributed by atoms with van der Waals surface area (Å²) in [7, 11) is -1.52. The number of sulfonamides is 1. The molecule has 0 aliphatic carbocycles. The molecule has 3 rings (SSSR count). The third-order valence-corrected chi connectivity index (χ3v) is 7.06. The molecule has 10 heteroatoms. The number of nitrogens with one attached hydrogen (secondary N) is 2. The first-order valence-corrected chi connectivity index (χ1v) is 12.0. The second-order valence-electron chi connectivity index (χ2n) is 6.55. The van der Waals surface area contributed by atoms with Crippen LogP contribution in [-0.2, 0) is 16.6 Å². The molecule has 1 aromatic carbocycles. The standard InChI is InChI=1S/C20H26N6O2S2/c1-3-21-20(22-11-12-24-30(27,28)19-10-7-13-29-19)25(2)15-17-14-23-26(16-17)18-8-5-4-6-9-18/h4-10,13-14,16,24H,3,11-12,15H2,1-2H3,(H,21,22). The minimum atomic E-state index is -3.47. The van der Waals surface area contributed by atoms with Gasteiger partial charge in [-0.05, 0) is 30.5 Å². The zero-order valence-electron chi connectivity index (χ0n) is 17.0. The maximum atomic E-state index is 12.2. The SMILES string of the molecule is CCNC(=NCCNS(=O)(=O)c1cccs1)N(C)Cc1cnn(-c2ccccc2)c1. The summed E-state index contributed by atoms with van der Waals surface area (Å²) in [4.78, 5) is 6.53. The predicted octanol–water partition coefficient (Wildman–Crippen LogP) is 2.31. The number of nitrogens with zero attached hydrogens (tertiary/aromatic N) is 4. The summed E-state index contributed by atoms with van der Waals surface area (Å²) in [5.41, 5.74) is 2.05. The van der Waals surface area contributed by atoms with Gasteiger partial charge in [-0.2, -0.15) is 5.10 Å². The normalized spacial score (nSPS) is 12.1. The molecule has 0 radical (unpaired) electrons. The molecule has 0 saturated carbocycles. The van der Waals surface area contributed by atoms with Gasteiger partial charge in [0.25, 0.3) is 0 Å². The first-order chi connectivity index (χ1) is 14.5. The Kier molecular flexibility index (Phi) is 7.61.